The van der Waals surface area contributed by atoms with Gasteiger partial charge in [0.1, 0.15) is 5.60 Å². The number of carbonyl (C=O) groups excluding carboxylic acids is 1. The van der Waals surface area contributed by atoms with E-state index in [1.54, 1.807) is 26.0 Å². The fourth-order valence-corrected chi connectivity index (χ4v) is 2.73. The predicted octanol–water partition coefficient (Wildman–Crippen LogP) is 2.99. The summed E-state index contributed by atoms with van der Waals surface area (Å²) in [5, 5.41) is 29.9. The first-order valence-corrected chi connectivity index (χ1v) is 7.79. The Bertz CT molecular complexity index is 714. The van der Waals surface area contributed by atoms with E-state index in [4.69, 9.17) is 0 Å². The number of hydrogen-bond acceptors (Lipinski definition) is 5. The smallest absolute Gasteiger partial charge is 0.319 e. The van der Waals surface area contributed by atoms with Gasteiger partial charge in [0.2, 0.25) is 0 Å². The summed E-state index contributed by atoms with van der Waals surface area (Å²) in [5.41, 5.74) is 0.488. The largest absolute Gasteiger partial charge is 0.384 e. The van der Waals surface area contributed by atoms with Gasteiger partial charge in [-0.05, 0) is 41.8 Å². The van der Waals surface area contributed by atoms with Gasteiger partial charge in [0, 0.05) is 12.1 Å². The minimum atomic E-state index is -1.19. The van der Waals surface area contributed by atoms with E-state index in [0.717, 1.165) is 0 Å². The van der Waals surface area contributed by atoms with Crippen molar-refractivity contribution in [1.29, 1.82) is 0 Å². The number of aryl methyl sites for hydroxylation is 1. The molecular formula is C15H17N3O4S. The van der Waals surface area contributed by atoms with E-state index >= 15 is 0 Å². The zero-order valence-electron chi connectivity index (χ0n) is 12.7. The predicted molar refractivity (Wildman–Crippen MR) is 88.7 cm³/mol. The molecule has 1 aromatic heterocycles. The van der Waals surface area contributed by atoms with Crippen LogP contribution in [-0.4, -0.2) is 22.6 Å². The second-order valence-corrected chi connectivity index (χ2v) is 6.13. The van der Waals surface area contributed by atoms with Crippen LogP contribution in [0, 0.1) is 17.0 Å². The van der Waals surface area contributed by atoms with Crippen LogP contribution in [0.3, 0.4) is 0 Å². The summed E-state index contributed by atoms with van der Waals surface area (Å²) in [6, 6.07) is 5.49. The monoisotopic (exact) mass is 335 g/mol. The molecule has 0 saturated carbocycles. The van der Waals surface area contributed by atoms with Crippen molar-refractivity contribution in [3.63, 3.8) is 0 Å². The molecule has 23 heavy (non-hydrogen) atoms. The van der Waals surface area contributed by atoms with Gasteiger partial charge in [0.15, 0.2) is 0 Å². The number of hydrogen-bond donors (Lipinski definition) is 3. The van der Waals surface area contributed by atoms with Gasteiger partial charge in [-0.15, -0.1) is 0 Å². The van der Waals surface area contributed by atoms with E-state index < -0.39 is 16.6 Å². The Labute approximate surface area is 137 Å². The molecule has 7 nitrogen and oxygen atoms in total. The molecule has 0 aliphatic rings. The van der Waals surface area contributed by atoms with Crippen LogP contribution in [-0.2, 0) is 5.60 Å². The standard InChI is InChI=1S/C15H17N3O4S/c1-10-3-4-12(18(21)22)7-13(10)17-14(19)16-9-15(2,20)11-5-6-23-8-11/h3-8,20H,9H2,1-2H3,(H2,16,17,19)/t15-/m1/s1. The highest BCUT2D eigenvalue weighted by molar-refractivity contribution is 7.08. The van der Waals surface area contributed by atoms with Gasteiger partial charge in [-0.1, -0.05) is 6.07 Å². The lowest BCUT2D eigenvalue weighted by Gasteiger charge is -2.23. The zero-order valence-corrected chi connectivity index (χ0v) is 13.5. The second-order valence-electron chi connectivity index (χ2n) is 5.35. The molecule has 2 rings (SSSR count). The lowest BCUT2D eigenvalue weighted by atomic mass is 9.99. The van der Waals surface area contributed by atoms with Crippen LogP contribution in [0.2, 0.25) is 0 Å². The van der Waals surface area contributed by atoms with E-state index in [2.05, 4.69) is 10.6 Å². The summed E-state index contributed by atoms with van der Waals surface area (Å²) in [6.45, 7) is 3.36. The molecule has 2 amide bonds. The number of rotatable bonds is 5. The molecule has 122 valence electrons. The van der Waals surface area contributed by atoms with Crippen molar-refractivity contribution in [2.24, 2.45) is 0 Å². The van der Waals surface area contributed by atoms with Crippen molar-refractivity contribution < 1.29 is 14.8 Å². The SMILES string of the molecule is Cc1ccc([N+](=O)[O-])cc1NC(=O)NC[C@@](C)(O)c1ccsc1. The Kier molecular flexibility index (Phi) is 4.97. The Hall–Kier alpha value is -2.45. The Balaban J connectivity index is 2.00. The van der Waals surface area contributed by atoms with Crippen LogP contribution in [0.15, 0.2) is 35.0 Å². The van der Waals surface area contributed by atoms with Crippen LogP contribution in [0.1, 0.15) is 18.1 Å². The molecule has 0 saturated heterocycles. The minimum Gasteiger partial charge on any atom is -0.384 e. The quantitative estimate of drug-likeness (QED) is 0.577. The molecular weight excluding hydrogens is 318 g/mol. The zero-order chi connectivity index (χ0) is 17.0. The van der Waals surface area contributed by atoms with Gasteiger partial charge in [0.05, 0.1) is 17.2 Å². The highest BCUT2D eigenvalue weighted by atomic mass is 32.1. The van der Waals surface area contributed by atoms with Gasteiger partial charge in [0.25, 0.3) is 5.69 Å². The summed E-state index contributed by atoms with van der Waals surface area (Å²) in [5.74, 6) is 0. The fraction of sp³-hybridized carbons (Fsp3) is 0.267. The average Bonchev–Trinajstić information content (AvgIpc) is 3.02. The van der Waals surface area contributed by atoms with Crippen molar-refractivity contribution in [1.82, 2.24) is 5.32 Å². The third-order valence-electron chi connectivity index (χ3n) is 3.42. The number of nitro groups is 1. The van der Waals surface area contributed by atoms with E-state index in [1.807, 2.05) is 10.8 Å². The van der Waals surface area contributed by atoms with Crippen LogP contribution in [0.5, 0.6) is 0 Å². The molecule has 1 heterocycles. The molecule has 0 unspecified atom stereocenters. The maximum atomic E-state index is 12.0. The molecule has 2 aromatic rings. The van der Waals surface area contributed by atoms with E-state index in [9.17, 15) is 20.0 Å². The Morgan fingerprint density at radius 2 is 2.17 bits per heavy atom. The molecule has 0 aliphatic heterocycles. The number of amides is 2. The van der Waals surface area contributed by atoms with Crippen molar-refractivity contribution in [2.45, 2.75) is 19.4 Å². The number of nitrogens with zero attached hydrogens (tertiary/aromatic N) is 1. The van der Waals surface area contributed by atoms with Crippen molar-refractivity contribution in [3.8, 4) is 0 Å². The van der Waals surface area contributed by atoms with Gasteiger partial charge < -0.3 is 15.7 Å². The van der Waals surface area contributed by atoms with Crippen LogP contribution < -0.4 is 10.6 Å². The molecule has 8 heteroatoms. The number of carbonyl (C=O) groups is 1. The number of benzene rings is 1. The highest BCUT2D eigenvalue weighted by Crippen LogP contribution is 2.23. The maximum Gasteiger partial charge on any atom is 0.319 e. The summed E-state index contributed by atoms with van der Waals surface area (Å²) >= 11 is 1.46. The number of anilines is 1. The second kappa shape index (κ2) is 6.76. The third kappa shape index (κ3) is 4.27. The van der Waals surface area contributed by atoms with Crippen LogP contribution in [0.4, 0.5) is 16.2 Å². The topological polar surface area (TPSA) is 105 Å². The summed E-state index contributed by atoms with van der Waals surface area (Å²) in [7, 11) is 0. The molecule has 0 fully saturated rings. The van der Waals surface area contributed by atoms with Gasteiger partial charge in [-0.2, -0.15) is 11.3 Å². The molecule has 0 spiro atoms. The highest BCUT2D eigenvalue weighted by Gasteiger charge is 2.24. The Morgan fingerprint density at radius 1 is 1.43 bits per heavy atom. The number of urea groups is 1. The lowest BCUT2D eigenvalue weighted by molar-refractivity contribution is -0.384. The summed E-state index contributed by atoms with van der Waals surface area (Å²) in [4.78, 5) is 22.2. The van der Waals surface area contributed by atoms with E-state index in [-0.39, 0.29) is 12.2 Å². The number of non-ortho nitro benzene ring substituents is 1. The van der Waals surface area contributed by atoms with Crippen LogP contribution in [0.25, 0.3) is 0 Å². The fourth-order valence-electron chi connectivity index (χ4n) is 1.95. The molecule has 3 N–H and O–H groups in total. The van der Waals surface area contributed by atoms with Gasteiger partial charge >= 0.3 is 6.03 Å². The van der Waals surface area contributed by atoms with E-state index in [1.165, 1.54) is 23.5 Å². The molecule has 1 atom stereocenters. The maximum absolute atomic E-state index is 12.0. The van der Waals surface area contributed by atoms with Crippen molar-refractivity contribution >= 4 is 28.7 Å². The lowest BCUT2D eigenvalue weighted by Crippen LogP contribution is -2.40. The number of nitro benzene ring substituents is 1. The number of nitrogens with one attached hydrogen (secondary N) is 2. The number of aliphatic hydroxyl groups is 1. The minimum absolute atomic E-state index is 0.0174. The number of thiophene rings is 1. The first-order valence-electron chi connectivity index (χ1n) is 6.84. The normalized spacial score (nSPS) is 13.2. The molecule has 0 bridgehead atoms. The van der Waals surface area contributed by atoms with Crippen molar-refractivity contribution in [2.75, 3.05) is 11.9 Å². The van der Waals surface area contributed by atoms with E-state index in [0.29, 0.717) is 16.8 Å². The first kappa shape index (κ1) is 16.9. The molecule has 0 radical (unpaired) electrons. The van der Waals surface area contributed by atoms with Gasteiger partial charge in [-0.3, -0.25) is 10.1 Å². The molecule has 0 aliphatic carbocycles. The summed E-state index contributed by atoms with van der Waals surface area (Å²) < 4.78 is 0. The average molecular weight is 335 g/mol. The van der Waals surface area contributed by atoms with Gasteiger partial charge in [-0.25, -0.2) is 4.79 Å². The van der Waals surface area contributed by atoms with Crippen LogP contribution >= 0.6 is 11.3 Å². The first-order chi connectivity index (χ1) is 10.8. The molecule has 1 aromatic carbocycles. The van der Waals surface area contributed by atoms with Crippen molar-refractivity contribution in [3.05, 3.63) is 56.3 Å². The Morgan fingerprint density at radius 3 is 2.78 bits per heavy atom. The summed E-state index contributed by atoms with van der Waals surface area (Å²) in [6.07, 6.45) is 0. The third-order valence-corrected chi connectivity index (χ3v) is 4.10.